The molecule has 0 fully saturated rings. The van der Waals surface area contributed by atoms with Crippen molar-refractivity contribution in [2.24, 2.45) is 0 Å². The van der Waals surface area contributed by atoms with Crippen molar-refractivity contribution >= 4 is 60.1 Å². The molecule has 0 saturated heterocycles. The Morgan fingerprint density at radius 3 is 0.904 bits per heavy atom. The third kappa shape index (κ3) is 18.6. The average molecular weight is 1250 g/mol. The van der Waals surface area contributed by atoms with Crippen molar-refractivity contribution in [3.05, 3.63) is 191 Å². The molecule has 450 valence electrons. The van der Waals surface area contributed by atoms with E-state index in [1.165, 1.54) is 81.4 Å². The molecule has 0 radical (unpaired) electrons. The summed E-state index contributed by atoms with van der Waals surface area (Å²) in [5.74, 6) is 0. The molecule has 0 aliphatic heterocycles. The second-order valence-corrected chi connectivity index (χ2v) is 31.7. The summed E-state index contributed by atoms with van der Waals surface area (Å²) in [5, 5.41) is 0. The Morgan fingerprint density at radius 1 is 0.301 bits per heavy atom. The lowest BCUT2D eigenvalue weighted by molar-refractivity contribution is 0.339. The Balaban J connectivity index is 1.11. The van der Waals surface area contributed by atoms with Crippen LogP contribution in [-0.2, 0) is 60.1 Å². The van der Waals surface area contributed by atoms with Gasteiger partial charge < -0.3 is 0 Å². The quantitative estimate of drug-likeness (QED) is 0.0368. The number of nitrogens with one attached hydrogen (secondary N) is 2. The van der Waals surface area contributed by atoms with Gasteiger partial charge in [0, 0.05) is 64.8 Å². The monoisotopic (exact) mass is 1250 g/mol. The summed E-state index contributed by atoms with van der Waals surface area (Å²) in [5.41, 5.74) is 5.04. The molecule has 0 aliphatic carbocycles. The van der Waals surface area contributed by atoms with Crippen molar-refractivity contribution in [3.63, 3.8) is 0 Å². The predicted molar refractivity (Wildman–Crippen MR) is 324 cm³/mol. The first-order valence-electron chi connectivity index (χ1n) is 27.2. The fraction of sp³-hybridized carbons (Fsp3) is 0.356. The first-order valence-corrected chi connectivity index (χ1v) is 36.0. The first-order chi connectivity index (χ1) is 39.1. The second kappa shape index (κ2) is 29.3. The number of sulfonamides is 6. The highest BCUT2D eigenvalue weighted by Crippen LogP contribution is 2.24. The van der Waals surface area contributed by atoms with Gasteiger partial charge in [0.2, 0.25) is 40.1 Å². The molecule has 18 nitrogen and oxygen atoms in total. The maximum Gasteiger partial charge on any atom is 0.263 e. The van der Waals surface area contributed by atoms with E-state index in [1.54, 1.807) is 79.7 Å². The Hall–Kier alpha value is -5.80. The van der Waals surface area contributed by atoms with Crippen LogP contribution in [0.2, 0.25) is 0 Å². The van der Waals surface area contributed by atoms with Gasteiger partial charge in [-0.05, 0) is 127 Å². The topological polar surface area (TPSA) is 242 Å². The van der Waals surface area contributed by atoms with Gasteiger partial charge in [-0.2, -0.15) is 12.9 Å². The lowest BCUT2D eigenvalue weighted by atomic mass is 10.1. The third-order valence-corrected chi connectivity index (χ3v) is 24.2. The van der Waals surface area contributed by atoms with Crippen LogP contribution in [0.15, 0.2) is 187 Å². The zero-order valence-electron chi connectivity index (χ0n) is 47.8. The summed E-state index contributed by atoms with van der Waals surface area (Å²) in [6, 6.07) is 37.4. The summed E-state index contributed by atoms with van der Waals surface area (Å²) in [6.45, 7) is 9.29. The first kappa shape index (κ1) is 66.3. The highest BCUT2D eigenvalue weighted by Gasteiger charge is 2.31. The minimum Gasteiger partial charge on any atom is -0.285 e. The van der Waals surface area contributed by atoms with Crippen LogP contribution in [0.5, 0.6) is 0 Å². The van der Waals surface area contributed by atoms with Crippen molar-refractivity contribution < 1.29 is 50.5 Å². The smallest absolute Gasteiger partial charge is 0.263 e. The maximum absolute atomic E-state index is 14.3. The summed E-state index contributed by atoms with van der Waals surface area (Å²) in [7, 11) is -25.0. The number of hydrogen-bond donors (Lipinski definition) is 2. The molecule has 24 heteroatoms. The van der Waals surface area contributed by atoms with Gasteiger partial charge in [0.15, 0.2) is 0 Å². The molecule has 0 aliphatic rings. The van der Waals surface area contributed by atoms with Crippen LogP contribution >= 0.6 is 0 Å². The van der Waals surface area contributed by atoms with Crippen molar-refractivity contribution in [1.29, 1.82) is 0 Å². The highest BCUT2D eigenvalue weighted by molar-refractivity contribution is 7.90. The van der Waals surface area contributed by atoms with Gasteiger partial charge in [-0.3, -0.25) is 9.03 Å². The van der Waals surface area contributed by atoms with Crippen molar-refractivity contribution in [1.82, 2.24) is 26.7 Å². The second-order valence-electron chi connectivity index (χ2n) is 20.5. The number of benzene rings is 6. The molecule has 0 saturated carbocycles. The molecule has 0 bridgehead atoms. The maximum atomic E-state index is 14.3. The lowest BCUT2D eigenvalue weighted by Crippen LogP contribution is -2.44. The predicted octanol–water partition coefficient (Wildman–Crippen LogP) is 8.76. The third-order valence-electron chi connectivity index (χ3n) is 13.9. The van der Waals surface area contributed by atoms with Gasteiger partial charge in [0.25, 0.3) is 20.0 Å². The van der Waals surface area contributed by atoms with E-state index in [0.29, 0.717) is 38.5 Å². The minimum atomic E-state index is -4.32. The van der Waals surface area contributed by atoms with E-state index in [9.17, 15) is 50.5 Å². The van der Waals surface area contributed by atoms with Gasteiger partial charge in [0.1, 0.15) is 0 Å². The normalized spacial score (nSPS) is 12.9. The number of rotatable bonds is 33. The SMILES string of the molecule is Cc1ccc(S(=O)(=O)NC=CN(CCN(CCCCCCCCCN(CCN(CCNS(=O)(=O)c2ccc(C)cc2)S(=O)(=O)c2ccc(C)cc2)S(=O)(=O)c2ccc(C)cc2)S(=O)(=O)c2ccc(C)cc2)S(=O)(=O)c2ccc(C)cc2)cc1. The van der Waals surface area contributed by atoms with E-state index in [1.807, 2.05) is 34.6 Å². The summed E-state index contributed by atoms with van der Waals surface area (Å²) >= 11 is 0. The van der Waals surface area contributed by atoms with Crippen LogP contribution in [0, 0.1) is 41.5 Å². The number of unbranched alkanes of at least 4 members (excludes halogenated alkanes) is 6. The molecule has 6 aromatic rings. The van der Waals surface area contributed by atoms with E-state index >= 15 is 0 Å². The van der Waals surface area contributed by atoms with Crippen molar-refractivity contribution in [3.8, 4) is 0 Å². The zero-order chi connectivity index (χ0) is 60.6. The zero-order valence-corrected chi connectivity index (χ0v) is 52.7. The minimum absolute atomic E-state index is 0.0173. The molecule has 2 N–H and O–H groups in total. The summed E-state index contributed by atoms with van der Waals surface area (Å²) < 4.78 is 176. The van der Waals surface area contributed by atoms with Gasteiger partial charge >= 0.3 is 0 Å². The molecule has 0 unspecified atom stereocenters. The van der Waals surface area contributed by atoms with Crippen molar-refractivity contribution in [2.45, 2.75) is 116 Å². The molecule has 83 heavy (non-hydrogen) atoms. The number of hydrogen-bond acceptors (Lipinski definition) is 12. The molecule has 0 heterocycles. The van der Waals surface area contributed by atoms with E-state index in [0.717, 1.165) is 60.8 Å². The van der Waals surface area contributed by atoms with E-state index < -0.39 is 60.1 Å². The van der Waals surface area contributed by atoms with Crippen LogP contribution < -0.4 is 9.44 Å². The van der Waals surface area contributed by atoms with Crippen molar-refractivity contribution in [2.75, 3.05) is 52.4 Å². The van der Waals surface area contributed by atoms with E-state index in [-0.39, 0.29) is 81.7 Å². The fourth-order valence-electron chi connectivity index (χ4n) is 8.74. The number of aryl methyl sites for hydroxylation is 6. The Kier molecular flexibility index (Phi) is 23.4. The molecular formula is C59H76N6O12S6. The van der Waals surface area contributed by atoms with Crippen LogP contribution in [0.3, 0.4) is 0 Å². The van der Waals surface area contributed by atoms with Gasteiger partial charge in [0.05, 0.1) is 29.4 Å². The van der Waals surface area contributed by atoms with Crippen LogP contribution in [0.1, 0.15) is 78.3 Å². The molecule has 6 aromatic carbocycles. The van der Waals surface area contributed by atoms with Gasteiger partial charge in [-0.15, -0.1) is 0 Å². The van der Waals surface area contributed by atoms with Crippen LogP contribution in [0.25, 0.3) is 0 Å². The van der Waals surface area contributed by atoms with Crippen LogP contribution in [-0.4, -0.2) is 120 Å². The molecule has 0 atom stereocenters. The Morgan fingerprint density at radius 2 is 0.566 bits per heavy atom. The van der Waals surface area contributed by atoms with E-state index in [2.05, 4.69) is 9.44 Å². The number of nitrogens with zero attached hydrogens (tertiary/aromatic N) is 4. The summed E-state index contributed by atoms with van der Waals surface area (Å²) in [6.07, 6.45) is 6.25. The molecule has 0 spiro atoms. The highest BCUT2D eigenvalue weighted by atomic mass is 32.2. The van der Waals surface area contributed by atoms with E-state index in [4.69, 9.17) is 0 Å². The van der Waals surface area contributed by atoms with Crippen LogP contribution in [0.4, 0.5) is 0 Å². The lowest BCUT2D eigenvalue weighted by Gasteiger charge is -2.27. The molecular weight excluding hydrogens is 1180 g/mol. The fourth-order valence-corrected chi connectivity index (χ4v) is 16.3. The molecule has 0 aromatic heterocycles. The van der Waals surface area contributed by atoms with Gasteiger partial charge in [-0.1, -0.05) is 138 Å². The Labute approximate surface area is 493 Å². The Bertz CT molecular complexity index is 3820. The molecule has 0 amide bonds. The largest absolute Gasteiger partial charge is 0.285 e. The summed E-state index contributed by atoms with van der Waals surface area (Å²) in [4.78, 5) is -0.0508. The standard InChI is InChI=1S/C59H76N6O12S6/c1-48-14-26-54(27-15-48)78(66,67)60-38-42-64(82(74,75)58-34-22-52(5)23-35-58)46-44-62(80(70,71)56-30-18-50(3)19-31-56)40-12-10-8-7-9-11-13-41-63(81(72,73)57-32-20-51(4)21-33-57)45-47-65(83(76,77)59-36-24-53(6)25-37-59)43-39-61-79(68,69)55-28-16-49(2)17-29-55/h14-38,42,60-61H,7-13,39-41,43-47H2,1-6H3. The molecule has 6 rings (SSSR count). The average Bonchev–Trinajstić information content (AvgIpc) is 3.44. The van der Waals surface area contributed by atoms with Gasteiger partial charge in [-0.25, -0.2) is 55.2 Å².